The largest absolute Gasteiger partial charge is 0.493 e. The minimum absolute atomic E-state index is 0.621. The standard InChI is InChI=1S/C20H29N3O2/c1-4-22-15-21-12-18(22)14-23(17-9-5-6-10-17)13-16-8-7-11-19(24-2)20(16)25-3/h7-8,11-12,15,17H,4-6,9-10,13-14H2,1-3H3. The molecular formula is C20H29N3O2. The number of aryl methyl sites for hydroxylation is 1. The number of imidazole rings is 1. The first-order chi connectivity index (χ1) is 12.3. The molecule has 0 amide bonds. The molecule has 1 aliphatic carbocycles. The lowest BCUT2D eigenvalue weighted by Gasteiger charge is -2.30. The number of rotatable bonds is 8. The summed E-state index contributed by atoms with van der Waals surface area (Å²) in [6.07, 6.45) is 9.11. The third-order valence-electron chi connectivity index (χ3n) is 5.20. The molecule has 1 aromatic carbocycles. The van der Waals surface area contributed by atoms with Crippen LogP contribution < -0.4 is 9.47 Å². The smallest absolute Gasteiger partial charge is 0.165 e. The molecule has 0 N–H and O–H groups in total. The average molecular weight is 343 g/mol. The molecule has 1 fully saturated rings. The molecule has 136 valence electrons. The van der Waals surface area contributed by atoms with E-state index in [1.54, 1.807) is 14.2 Å². The highest BCUT2D eigenvalue weighted by molar-refractivity contribution is 5.46. The van der Waals surface area contributed by atoms with E-state index in [2.05, 4.69) is 27.4 Å². The first-order valence-corrected chi connectivity index (χ1v) is 9.19. The zero-order chi connectivity index (χ0) is 17.6. The van der Waals surface area contributed by atoms with E-state index in [0.717, 1.165) is 31.1 Å². The molecule has 3 rings (SSSR count). The van der Waals surface area contributed by atoms with Gasteiger partial charge in [0, 0.05) is 37.4 Å². The quantitative estimate of drug-likeness (QED) is 0.729. The van der Waals surface area contributed by atoms with Gasteiger partial charge in [0.15, 0.2) is 11.5 Å². The zero-order valence-corrected chi connectivity index (χ0v) is 15.6. The SMILES string of the molecule is CCn1cncc1CN(Cc1cccc(OC)c1OC)C1CCCC1. The van der Waals surface area contributed by atoms with Crippen LogP contribution in [0, 0.1) is 0 Å². The number of methoxy groups -OCH3 is 2. The van der Waals surface area contributed by atoms with Crippen LogP contribution in [0.25, 0.3) is 0 Å². The molecule has 0 radical (unpaired) electrons. The van der Waals surface area contributed by atoms with Gasteiger partial charge in [-0.2, -0.15) is 0 Å². The van der Waals surface area contributed by atoms with Gasteiger partial charge in [-0.05, 0) is 25.8 Å². The van der Waals surface area contributed by atoms with E-state index in [9.17, 15) is 0 Å². The Balaban J connectivity index is 1.85. The Hall–Kier alpha value is -2.01. The van der Waals surface area contributed by atoms with Crippen molar-refractivity contribution in [2.45, 2.75) is 58.3 Å². The monoisotopic (exact) mass is 343 g/mol. The van der Waals surface area contributed by atoms with Crippen molar-refractivity contribution in [1.29, 1.82) is 0 Å². The summed E-state index contributed by atoms with van der Waals surface area (Å²) in [6, 6.07) is 6.75. The number of hydrogen-bond donors (Lipinski definition) is 0. The van der Waals surface area contributed by atoms with Gasteiger partial charge in [-0.3, -0.25) is 4.90 Å². The van der Waals surface area contributed by atoms with Gasteiger partial charge in [-0.25, -0.2) is 4.98 Å². The van der Waals surface area contributed by atoms with E-state index in [1.807, 2.05) is 24.7 Å². The molecular weight excluding hydrogens is 314 g/mol. The summed E-state index contributed by atoms with van der Waals surface area (Å²) in [6.45, 7) is 4.89. The third kappa shape index (κ3) is 3.98. The molecule has 0 spiro atoms. The Morgan fingerprint density at radius 2 is 1.96 bits per heavy atom. The number of para-hydroxylation sites is 1. The second-order valence-electron chi connectivity index (χ2n) is 6.67. The Kier molecular flexibility index (Phi) is 5.97. The number of benzene rings is 1. The van der Waals surface area contributed by atoms with E-state index >= 15 is 0 Å². The Bertz CT molecular complexity index is 677. The lowest BCUT2D eigenvalue weighted by atomic mass is 10.1. The third-order valence-corrected chi connectivity index (χ3v) is 5.20. The van der Waals surface area contributed by atoms with Crippen LogP contribution in [0.3, 0.4) is 0 Å². The zero-order valence-electron chi connectivity index (χ0n) is 15.6. The normalized spacial score (nSPS) is 15.0. The Labute approximate surface area is 150 Å². The lowest BCUT2D eigenvalue weighted by molar-refractivity contribution is 0.173. The average Bonchev–Trinajstić information content (AvgIpc) is 3.32. The van der Waals surface area contributed by atoms with Crippen molar-refractivity contribution in [3.63, 3.8) is 0 Å². The van der Waals surface area contributed by atoms with E-state index in [4.69, 9.17) is 9.47 Å². The second-order valence-corrected chi connectivity index (χ2v) is 6.67. The maximum absolute atomic E-state index is 5.64. The van der Waals surface area contributed by atoms with Gasteiger partial charge in [0.1, 0.15) is 0 Å². The fraction of sp³-hybridized carbons (Fsp3) is 0.550. The summed E-state index contributed by atoms with van der Waals surface area (Å²) >= 11 is 0. The highest BCUT2D eigenvalue weighted by atomic mass is 16.5. The van der Waals surface area contributed by atoms with Crippen LogP contribution in [-0.4, -0.2) is 34.7 Å². The number of hydrogen-bond acceptors (Lipinski definition) is 4. The van der Waals surface area contributed by atoms with Gasteiger partial charge < -0.3 is 14.0 Å². The van der Waals surface area contributed by atoms with Gasteiger partial charge in [-0.15, -0.1) is 0 Å². The maximum atomic E-state index is 5.64. The topological polar surface area (TPSA) is 39.5 Å². The van der Waals surface area contributed by atoms with Crippen molar-refractivity contribution < 1.29 is 9.47 Å². The van der Waals surface area contributed by atoms with Gasteiger partial charge in [0.2, 0.25) is 0 Å². The molecule has 1 heterocycles. The van der Waals surface area contributed by atoms with Gasteiger partial charge >= 0.3 is 0 Å². The summed E-state index contributed by atoms with van der Waals surface area (Å²) < 4.78 is 13.3. The highest BCUT2D eigenvalue weighted by Crippen LogP contribution is 2.34. The number of ether oxygens (including phenoxy) is 2. The van der Waals surface area contributed by atoms with Crippen LogP contribution in [0.1, 0.15) is 43.9 Å². The number of nitrogens with zero attached hydrogens (tertiary/aromatic N) is 3. The molecule has 2 aromatic rings. The van der Waals surface area contributed by atoms with Crippen molar-refractivity contribution in [3.8, 4) is 11.5 Å². The minimum atomic E-state index is 0.621. The van der Waals surface area contributed by atoms with E-state index in [-0.39, 0.29) is 0 Å². The predicted octanol–water partition coefficient (Wildman–Crippen LogP) is 3.87. The highest BCUT2D eigenvalue weighted by Gasteiger charge is 2.25. The fourth-order valence-corrected chi connectivity index (χ4v) is 3.85. The van der Waals surface area contributed by atoms with Crippen molar-refractivity contribution >= 4 is 0 Å². The summed E-state index contributed by atoms with van der Waals surface area (Å²) in [5.41, 5.74) is 2.45. The molecule has 5 nitrogen and oxygen atoms in total. The molecule has 0 unspecified atom stereocenters. The van der Waals surface area contributed by atoms with Gasteiger partial charge in [-0.1, -0.05) is 25.0 Å². The summed E-state index contributed by atoms with van der Waals surface area (Å²) in [5, 5.41) is 0. The van der Waals surface area contributed by atoms with Crippen LogP contribution in [-0.2, 0) is 19.6 Å². The molecule has 1 aromatic heterocycles. The van der Waals surface area contributed by atoms with Crippen molar-refractivity contribution in [3.05, 3.63) is 42.0 Å². The van der Waals surface area contributed by atoms with Gasteiger partial charge in [0.05, 0.1) is 26.2 Å². The molecule has 0 saturated heterocycles. The van der Waals surface area contributed by atoms with E-state index < -0.39 is 0 Å². The summed E-state index contributed by atoms with van der Waals surface area (Å²) in [4.78, 5) is 6.91. The molecule has 0 atom stereocenters. The molecule has 1 saturated carbocycles. The van der Waals surface area contributed by atoms with Crippen LogP contribution in [0.5, 0.6) is 11.5 Å². The van der Waals surface area contributed by atoms with Crippen molar-refractivity contribution in [2.75, 3.05) is 14.2 Å². The molecule has 1 aliphatic rings. The first-order valence-electron chi connectivity index (χ1n) is 9.19. The summed E-state index contributed by atoms with van der Waals surface area (Å²) in [7, 11) is 3.41. The second kappa shape index (κ2) is 8.39. The van der Waals surface area contributed by atoms with E-state index in [1.165, 1.54) is 36.9 Å². The van der Waals surface area contributed by atoms with Crippen molar-refractivity contribution in [1.82, 2.24) is 14.5 Å². The van der Waals surface area contributed by atoms with Crippen LogP contribution >= 0.6 is 0 Å². The van der Waals surface area contributed by atoms with Crippen LogP contribution in [0.4, 0.5) is 0 Å². The molecule has 25 heavy (non-hydrogen) atoms. The Morgan fingerprint density at radius 3 is 2.64 bits per heavy atom. The van der Waals surface area contributed by atoms with Crippen molar-refractivity contribution in [2.24, 2.45) is 0 Å². The van der Waals surface area contributed by atoms with E-state index in [0.29, 0.717) is 6.04 Å². The number of aromatic nitrogens is 2. The van der Waals surface area contributed by atoms with Gasteiger partial charge in [0.25, 0.3) is 0 Å². The Morgan fingerprint density at radius 1 is 1.16 bits per heavy atom. The molecule has 0 bridgehead atoms. The fourth-order valence-electron chi connectivity index (χ4n) is 3.85. The minimum Gasteiger partial charge on any atom is -0.493 e. The summed E-state index contributed by atoms with van der Waals surface area (Å²) in [5.74, 6) is 1.64. The molecule has 0 aliphatic heterocycles. The molecule has 5 heteroatoms. The lowest BCUT2D eigenvalue weighted by Crippen LogP contribution is -2.33. The first kappa shape index (κ1) is 17.8. The van der Waals surface area contributed by atoms with Crippen LogP contribution in [0.15, 0.2) is 30.7 Å². The predicted molar refractivity (Wildman–Crippen MR) is 99.0 cm³/mol. The van der Waals surface area contributed by atoms with Crippen LogP contribution in [0.2, 0.25) is 0 Å². The maximum Gasteiger partial charge on any atom is 0.165 e.